The van der Waals surface area contributed by atoms with Gasteiger partial charge in [-0.1, -0.05) is 24.3 Å². The first-order valence-corrected chi connectivity index (χ1v) is 9.12. The van der Waals surface area contributed by atoms with E-state index in [1.54, 1.807) is 37.5 Å². The van der Waals surface area contributed by atoms with Crippen molar-refractivity contribution in [1.82, 2.24) is 4.98 Å². The van der Waals surface area contributed by atoms with Gasteiger partial charge < -0.3 is 4.74 Å². The number of hydrogen-bond donors (Lipinski definition) is 0. The Hall–Kier alpha value is -3.76. The van der Waals surface area contributed by atoms with Crippen molar-refractivity contribution in [3.8, 4) is 23.1 Å². The molecule has 0 aliphatic carbocycles. The zero-order valence-corrected chi connectivity index (χ0v) is 15.7. The van der Waals surface area contributed by atoms with Crippen molar-refractivity contribution in [2.45, 2.75) is 0 Å². The van der Waals surface area contributed by atoms with Crippen LogP contribution in [0, 0.1) is 21.4 Å². The van der Waals surface area contributed by atoms with Crippen LogP contribution in [0.4, 0.5) is 5.69 Å². The lowest BCUT2D eigenvalue weighted by atomic mass is 10.1. The molecule has 0 aliphatic rings. The maximum atomic E-state index is 10.7. The number of allylic oxidation sites excluding steroid dienone is 3. The number of hydrogen-bond acceptors (Lipinski definition) is 6. The lowest BCUT2D eigenvalue weighted by molar-refractivity contribution is -0.384. The molecule has 6 nitrogen and oxygen atoms in total. The minimum atomic E-state index is -0.441. The number of methoxy groups -OCH3 is 1. The van der Waals surface area contributed by atoms with Crippen molar-refractivity contribution in [2.75, 3.05) is 7.11 Å². The van der Waals surface area contributed by atoms with E-state index >= 15 is 0 Å². The lowest BCUT2D eigenvalue weighted by Gasteiger charge is -2.01. The summed E-state index contributed by atoms with van der Waals surface area (Å²) in [6, 6.07) is 15.9. The third-order valence-electron chi connectivity index (χ3n) is 3.88. The van der Waals surface area contributed by atoms with Gasteiger partial charge in [-0.2, -0.15) is 5.26 Å². The highest BCUT2D eigenvalue weighted by molar-refractivity contribution is 7.11. The van der Waals surface area contributed by atoms with E-state index in [9.17, 15) is 15.4 Å². The van der Waals surface area contributed by atoms with Gasteiger partial charge in [-0.25, -0.2) is 4.98 Å². The highest BCUT2D eigenvalue weighted by Gasteiger charge is 2.09. The average Bonchev–Trinajstić information content (AvgIpc) is 3.21. The number of nitro groups is 1. The monoisotopic (exact) mass is 389 g/mol. The molecule has 0 amide bonds. The van der Waals surface area contributed by atoms with Crippen LogP contribution in [0.25, 0.3) is 22.9 Å². The molecule has 2 aromatic carbocycles. The molecule has 3 rings (SSSR count). The smallest absolute Gasteiger partial charge is 0.269 e. The Labute approximate surface area is 165 Å². The minimum Gasteiger partial charge on any atom is -0.497 e. The second-order valence-corrected chi connectivity index (χ2v) is 6.53. The van der Waals surface area contributed by atoms with Crippen LogP contribution >= 0.6 is 11.3 Å². The quantitative estimate of drug-likeness (QED) is 0.245. The molecule has 0 bridgehead atoms. The number of benzene rings is 2. The number of ether oxygens (including phenoxy) is 1. The second kappa shape index (κ2) is 8.75. The molecule has 1 heterocycles. The summed E-state index contributed by atoms with van der Waals surface area (Å²) in [5.41, 5.74) is 2.98. The van der Waals surface area contributed by atoms with Gasteiger partial charge >= 0.3 is 0 Å². The molecule has 0 spiro atoms. The number of nitriles is 1. The van der Waals surface area contributed by atoms with Crippen molar-refractivity contribution in [1.29, 1.82) is 5.26 Å². The van der Waals surface area contributed by atoms with Crippen LogP contribution in [0.15, 0.2) is 66.1 Å². The van der Waals surface area contributed by atoms with Gasteiger partial charge in [-0.3, -0.25) is 10.1 Å². The normalized spacial score (nSPS) is 11.4. The Morgan fingerprint density at radius 2 is 2.07 bits per heavy atom. The van der Waals surface area contributed by atoms with Crippen molar-refractivity contribution in [3.05, 3.63) is 86.7 Å². The topological polar surface area (TPSA) is 89.0 Å². The first-order valence-electron chi connectivity index (χ1n) is 8.24. The van der Waals surface area contributed by atoms with Gasteiger partial charge in [-0.05, 0) is 35.9 Å². The summed E-state index contributed by atoms with van der Waals surface area (Å²) in [5.74, 6) is 0.745. The van der Waals surface area contributed by atoms with E-state index < -0.39 is 4.92 Å². The number of non-ortho nitro benzene ring substituents is 1. The Morgan fingerprint density at radius 3 is 2.75 bits per heavy atom. The molecule has 0 unspecified atom stereocenters. The maximum Gasteiger partial charge on any atom is 0.269 e. The number of nitrogens with zero attached hydrogens (tertiary/aromatic N) is 3. The molecule has 7 heteroatoms. The van der Waals surface area contributed by atoms with Gasteiger partial charge in [-0.15, -0.1) is 11.3 Å². The number of nitro benzene ring substituents is 1. The van der Waals surface area contributed by atoms with E-state index in [0.29, 0.717) is 10.6 Å². The summed E-state index contributed by atoms with van der Waals surface area (Å²) >= 11 is 1.39. The highest BCUT2D eigenvalue weighted by atomic mass is 32.1. The van der Waals surface area contributed by atoms with E-state index in [1.165, 1.54) is 23.5 Å². The van der Waals surface area contributed by atoms with Crippen molar-refractivity contribution >= 4 is 28.7 Å². The van der Waals surface area contributed by atoms with Crippen LogP contribution in [0.3, 0.4) is 0 Å². The van der Waals surface area contributed by atoms with Crippen LogP contribution < -0.4 is 4.74 Å². The molecule has 1 aromatic heterocycles. The molecule has 0 atom stereocenters. The number of thiazole rings is 1. The molecule has 0 fully saturated rings. The van der Waals surface area contributed by atoms with Gasteiger partial charge in [0.15, 0.2) is 0 Å². The fraction of sp³-hybridized carbons (Fsp3) is 0.0476. The molecule has 0 N–H and O–H groups in total. The predicted octanol–water partition coefficient (Wildman–Crippen LogP) is 5.35. The minimum absolute atomic E-state index is 0.0401. The molecular formula is C21H15N3O3S. The Balaban J connectivity index is 1.78. The zero-order chi connectivity index (χ0) is 19.9. The van der Waals surface area contributed by atoms with E-state index in [-0.39, 0.29) is 5.69 Å². The molecule has 3 aromatic rings. The average molecular weight is 389 g/mol. The SMILES string of the molecule is COc1cccc(-c2csc(/C(C#N)=C/C=C/c3ccc([N+](=O)[O-])cc3)n2)c1. The molecule has 0 saturated carbocycles. The summed E-state index contributed by atoms with van der Waals surface area (Å²) in [5, 5.41) is 22.7. The van der Waals surface area contributed by atoms with Crippen molar-refractivity contribution in [3.63, 3.8) is 0 Å². The molecule has 0 radical (unpaired) electrons. The summed E-state index contributed by atoms with van der Waals surface area (Å²) in [4.78, 5) is 14.8. The molecule has 0 aliphatic heterocycles. The van der Waals surface area contributed by atoms with Gasteiger partial charge in [0.25, 0.3) is 5.69 Å². The van der Waals surface area contributed by atoms with E-state index in [4.69, 9.17) is 4.74 Å². The fourth-order valence-electron chi connectivity index (χ4n) is 2.43. The number of rotatable bonds is 6. The third-order valence-corrected chi connectivity index (χ3v) is 4.75. The second-order valence-electron chi connectivity index (χ2n) is 5.67. The summed E-state index contributed by atoms with van der Waals surface area (Å²) in [6.07, 6.45) is 5.18. The fourth-order valence-corrected chi connectivity index (χ4v) is 3.24. The predicted molar refractivity (Wildman–Crippen MR) is 110 cm³/mol. The number of aromatic nitrogens is 1. The van der Waals surface area contributed by atoms with Gasteiger partial charge in [0.05, 0.1) is 23.3 Å². The first-order chi connectivity index (χ1) is 13.6. The third kappa shape index (κ3) is 4.50. The maximum absolute atomic E-state index is 10.7. The Morgan fingerprint density at radius 1 is 1.29 bits per heavy atom. The Bertz CT molecular complexity index is 1090. The Kier molecular flexibility index (Phi) is 5.94. The standard InChI is InChI=1S/C21H15N3O3S/c1-27-19-7-3-5-16(12-19)20-14-28-21(23-20)17(13-22)6-2-4-15-8-10-18(11-9-15)24(25)26/h2-12,14H,1H3/b4-2+,17-6+. The summed E-state index contributed by atoms with van der Waals surface area (Å²) in [7, 11) is 1.61. The molecule has 0 saturated heterocycles. The summed E-state index contributed by atoms with van der Waals surface area (Å²) < 4.78 is 5.23. The van der Waals surface area contributed by atoms with Crippen LogP contribution in [0.1, 0.15) is 10.6 Å². The van der Waals surface area contributed by atoms with Crippen LogP contribution in [0.2, 0.25) is 0 Å². The highest BCUT2D eigenvalue weighted by Crippen LogP contribution is 2.28. The zero-order valence-electron chi connectivity index (χ0n) is 14.9. The lowest BCUT2D eigenvalue weighted by Crippen LogP contribution is -1.86. The van der Waals surface area contributed by atoms with E-state index in [0.717, 1.165) is 22.6 Å². The summed E-state index contributed by atoms with van der Waals surface area (Å²) in [6.45, 7) is 0. The molecule has 138 valence electrons. The van der Waals surface area contributed by atoms with Gasteiger partial charge in [0.1, 0.15) is 16.8 Å². The van der Waals surface area contributed by atoms with Crippen LogP contribution in [-0.4, -0.2) is 17.0 Å². The van der Waals surface area contributed by atoms with Gasteiger partial charge in [0.2, 0.25) is 0 Å². The first kappa shape index (κ1) is 19.0. The van der Waals surface area contributed by atoms with Crippen LogP contribution in [0.5, 0.6) is 5.75 Å². The van der Waals surface area contributed by atoms with Crippen molar-refractivity contribution < 1.29 is 9.66 Å². The molecular weight excluding hydrogens is 374 g/mol. The largest absolute Gasteiger partial charge is 0.497 e. The van der Waals surface area contributed by atoms with Crippen molar-refractivity contribution in [2.24, 2.45) is 0 Å². The van der Waals surface area contributed by atoms with Crippen LogP contribution in [-0.2, 0) is 0 Å². The van der Waals surface area contributed by atoms with E-state index in [2.05, 4.69) is 11.1 Å². The van der Waals surface area contributed by atoms with E-state index in [1.807, 2.05) is 29.6 Å². The molecule has 28 heavy (non-hydrogen) atoms. The van der Waals surface area contributed by atoms with Gasteiger partial charge in [0, 0.05) is 23.1 Å².